The van der Waals surface area contributed by atoms with E-state index in [2.05, 4.69) is 28.6 Å². The van der Waals surface area contributed by atoms with Crippen LogP contribution >= 0.6 is 23.1 Å². The minimum atomic E-state index is -0.233. The lowest BCUT2D eigenvalue weighted by Crippen LogP contribution is -2.40. The van der Waals surface area contributed by atoms with Crippen LogP contribution in [-0.4, -0.2) is 37.9 Å². The van der Waals surface area contributed by atoms with Gasteiger partial charge in [0.25, 0.3) is 0 Å². The van der Waals surface area contributed by atoms with Gasteiger partial charge in [-0.3, -0.25) is 9.36 Å². The number of hydrogen-bond donors (Lipinski definition) is 1. The van der Waals surface area contributed by atoms with Crippen LogP contribution in [0.5, 0.6) is 0 Å². The number of amides is 1. The number of thioether (sulfide) groups is 1. The van der Waals surface area contributed by atoms with Gasteiger partial charge in [0, 0.05) is 18.0 Å². The highest BCUT2D eigenvalue weighted by molar-refractivity contribution is 7.99. The summed E-state index contributed by atoms with van der Waals surface area (Å²) in [5, 5.41) is 9.34. The van der Waals surface area contributed by atoms with Crippen LogP contribution in [-0.2, 0) is 24.2 Å². The Labute approximate surface area is 177 Å². The van der Waals surface area contributed by atoms with Crippen molar-refractivity contribution in [1.29, 1.82) is 0 Å². The van der Waals surface area contributed by atoms with E-state index < -0.39 is 0 Å². The van der Waals surface area contributed by atoms with Crippen molar-refractivity contribution in [2.45, 2.75) is 43.9 Å². The molecule has 1 amide bonds. The molecule has 1 aliphatic heterocycles. The summed E-state index contributed by atoms with van der Waals surface area (Å²) in [4.78, 5) is 28.5. The summed E-state index contributed by atoms with van der Waals surface area (Å²) in [5.41, 5.74) is 2.23. The van der Waals surface area contributed by atoms with Gasteiger partial charge in [-0.05, 0) is 41.8 Å². The van der Waals surface area contributed by atoms with E-state index in [0.29, 0.717) is 11.7 Å². The van der Waals surface area contributed by atoms with Crippen LogP contribution in [0.25, 0.3) is 0 Å². The molecule has 1 aromatic carbocycles. The van der Waals surface area contributed by atoms with E-state index in [4.69, 9.17) is 0 Å². The van der Waals surface area contributed by atoms with Crippen molar-refractivity contribution in [1.82, 2.24) is 19.7 Å². The number of nitrogens with one attached hydrogen (secondary N) is 1. The third-order valence-electron chi connectivity index (χ3n) is 5.32. The molecule has 6 nitrogen and oxygen atoms in total. The first-order valence-corrected chi connectivity index (χ1v) is 11.7. The first kappa shape index (κ1) is 20.0. The van der Waals surface area contributed by atoms with Crippen molar-refractivity contribution in [3.63, 3.8) is 0 Å². The normalized spacial score (nSPS) is 16.0. The van der Waals surface area contributed by atoms with E-state index in [0.717, 1.165) is 25.8 Å². The molecule has 3 heterocycles. The fourth-order valence-electron chi connectivity index (χ4n) is 3.84. The lowest BCUT2D eigenvalue weighted by Gasteiger charge is -2.35. The van der Waals surface area contributed by atoms with Crippen molar-refractivity contribution in [2.24, 2.45) is 0 Å². The third kappa shape index (κ3) is 4.33. The number of carbonyl (C=O) groups is 1. The number of hydrogen-bond acceptors (Lipinski definition) is 5. The Bertz CT molecular complexity index is 1020. The molecule has 1 unspecified atom stereocenters. The fraction of sp³-hybridized carbons (Fsp3) is 0.381. The molecular formula is C21H24N4O2S2. The number of carbonyl (C=O) groups excluding carboxylic acids is 1. The second-order valence-corrected chi connectivity index (χ2v) is 8.99. The summed E-state index contributed by atoms with van der Waals surface area (Å²) in [6.45, 7) is 3.42. The zero-order chi connectivity index (χ0) is 20.2. The number of H-pyrrole nitrogens is 1. The minimum Gasteiger partial charge on any atom is -0.335 e. The Hall–Kier alpha value is -2.32. The van der Waals surface area contributed by atoms with Crippen molar-refractivity contribution >= 4 is 29.0 Å². The van der Waals surface area contributed by atoms with Crippen LogP contribution < -0.4 is 5.69 Å². The number of benzene rings is 1. The predicted octanol–water partition coefficient (Wildman–Crippen LogP) is 3.50. The molecule has 4 rings (SSSR count). The molecule has 152 valence electrons. The number of aryl methyl sites for hydroxylation is 1. The molecule has 0 fully saturated rings. The van der Waals surface area contributed by atoms with E-state index in [1.807, 2.05) is 35.2 Å². The van der Waals surface area contributed by atoms with Crippen molar-refractivity contribution in [3.8, 4) is 0 Å². The number of thiophene rings is 1. The Morgan fingerprint density at radius 3 is 2.93 bits per heavy atom. The maximum atomic E-state index is 13.0. The summed E-state index contributed by atoms with van der Waals surface area (Å²) >= 11 is 3.11. The zero-order valence-corrected chi connectivity index (χ0v) is 18.0. The van der Waals surface area contributed by atoms with E-state index in [9.17, 15) is 9.59 Å². The van der Waals surface area contributed by atoms with Gasteiger partial charge in [0.1, 0.15) is 0 Å². The number of nitrogens with zero attached hydrogens (tertiary/aromatic N) is 3. The van der Waals surface area contributed by atoms with Gasteiger partial charge >= 0.3 is 5.69 Å². The number of fused-ring (bicyclic) bond motifs is 1. The molecule has 1 atom stereocenters. The molecule has 29 heavy (non-hydrogen) atoms. The first-order valence-electron chi connectivity index (χ1n) is 9.85. The van der Waals surface area contributed by atoms with Gasteiger partial charge in [0.15, 0.2) is 5.16 Å². The summed E-state index contributed by atoms with van der Waals surface area (Å²) in [6.07, 6.45) is 2.57. The topological polar surface area (TPSA) is 71.0 Å². The Kier molecular flexibility index (Phi) is 6.20. The van der Waals surface area contributed by atoms with Crippen LogP contribution in [0.15, 0.2) is 51.7 Å². The average Bonchev–Trinajstić information content (AvgIpc) is 3.37. The van der Waals surface area contributed by atoms with Crippen LogP contribution in [0, 0.1) is 0 Å². The molecule has 1 N–H and O–H groups in total. The molecule has 1 aliphatic rings. The standard InChI is InChI=1S/C21H24N4O2S2/c1-2-17-16-10-13-28-18(16)9-12-24(17)19(26)14-29-21-23-22-20(27)25(21)11-8-15-6-4-3-5-7-15/h3-7,10,13,17H,2,8-9,11-12,14H2,1H3,(H,22,27). The van der Waals surface area contributed by atoms with Crippen LogP contribution in [0.3, 0.4) is 0 Å². The monoisotopic (exact) mass is 428 g/mol. The van der Waals surface area contributed by atoms with Crippen molar-refractivity contribution in [3.05, 3.63) is 68.3 Å². The van der Waals surface area contributed by atoms with Crippen molar-refractivity contribution < 1.29 is 4.79 Å². The van der Waals surface area contributed by atoms with E-state index in [1.54, 1.807) is 15.9 Å². The highest BCUT2D eigenvalue weighted by Crippen LogP contribution is 2.35. The first-order chi connectivity index (χ1) is 14.2. The second-order valence-electron chi connectivity index (χ2n) is 7.05. The second kappa shape index (κ2) is 9.00. The van der Waals surface area contributed by atoms with E-state index in [-0.39, 0.29) is 23.4 Å². The lowest BCUT2D eigenvalue weighted by molar-refractivity contribution is -0.131. The summed E-state index contributed by atoms with van der Waals surface area (Å²) in [6, 6.07) is 12.3. The summed E-state index contributed by atoms with van der Waals surface area (Å²) in [7, 11) is 0. The summed E-state index contributed by atoms with van der Waals surface area (Å²) in [5.74, 6) is 0.384. The van der Waals surface area contributed by atoms with E-state index >= 15 is 0 Å². The maximum absolute atomic E-state index is 13.0. The molecule has 8 heteroatoms. The van der Waals surface area contributed by atoms with Gasteiger partial charge in [-0.2, -0.15) is 0 Å². The largest absolute Gasteiger partial charge is 0.343 e. The molecule has 0 radical (unpaired) electrons. The van der Waals surface area contributed by atoms with Crippen LogP contribution in [0.1, 0.15) is 35.4 Å². The Balaban J connectivity index is 1.40. The lowest BCUT2D eigenvalue weighted by atomic mass is 9.98. The van der Waals surface area contributed by atoms with E-state index in [1.165, 1.54) is 27.8 Å². The van der Waals surface area contributed by atoms with Crippen molar-refractivity contribution in [2.75, 3.05) is 12.3 Å². The maximum Gasteiger partial charge on any atom is 0.343 e. The highest BCUT2D eigenvalue weighted by atomic mass is 32.2. The van der Waals surface area contributed by atoms with Gasteiger partial charge in [0.05, 0.1) is 11.8 Å². The molecule has 0 spiro atoms. The third-order valence-corrected chi connectivity index (χ3v) is 7.27. The molecular weight excluding hydrogens is 404 g/mol. The summed E-state index contributed by atoms with van der Waals surface area (Å²) < 4.78 is 1.62. The van der Waals surface area contributed by atoms with Gasteiger partial charge in [0.2, 0.25) is 5.91 Å². The Morgan fingerprint density at radius 1 is 1.31 bits per heavy atom. The van der Waals surface area contributed by atoms with Crippen LogP contribution in [0.2, 0.25) is 0 Å². The molecule has 0 saturated heterocycles. The fourth-order valence-corrected chi connectivity index (χ4v) is 5.63. The molecule has 0 bridgehead atoms. The van der Waals surface area contributed by atoms with Crippen LogP contribution in [0.4, 0.5) is 0 Å². The number of rotatable bonds is 7. The minimum absolute atomic E-state index is 0.101. The van der Waals surface area contributed by atoms with Gasteiger partial charge in [-0.1, -0.05) is 49.0 Å². The molecule has 3 aromatic rings. The predicted molar refractivity (Wildman–Crippen MR) is 116 cm³/mol. The highest BCUT2D eigenvalue weighted by Gasteiger charge is 2.30. The number of aromatic nitrogens is 3. The smallest absolute Gasteiger partial charge is 0.335 e. The Morgan fingerprint density at radius 2 is 2.14 bits per heavy atom. The average molecular weight is 429 g/mol. The van der Waals surface area contributed by atoms with Gasteiger partial charge < -0.3 is 4.90 Å². The number of aromatic amines is 1. The quantitative estimate of drug-likeness (QED) is 0.585. The molecule has 0 aliphatic carbocycles. The molecule has 0 saturated carbocycles. The van der Waals surface area contributed by atoms with Gasteiger partial charge in [-0.25, -0.2) is 9.89 Å². The molecule has 2 aromatic heterocycles. The zero-order valence-electron chi connectivity index (χ0n) is 16.3. The van der Waals surface area contributed by atoms with Gasteiger partial charge in [-0.15, -0.1) is 16.4 Å². The SMILES string of the molecule is CCC1c2ccsc2CCN1C(=O)CSc1n[nH]c(=O)n1CCc1ccccc1.